The average Bonchev–Trinajstić information content (AvgIpc) is 3.59. The first-order valence-electron chi connectivity index (χ1n) is 19.8. The van der Waals surface area contributed by atoms with Crippen LogP contribution in [0, 0.1) is 0 Å². The van der Waals surface area contributed by atoms with E-state index in [-0.39, 0.29) is 0 Å². The van der Waals surface area contributed by atoms with Crippen LogP contribution >= 0.6 is 0 Å². The molecule has 1 unspecified atom stereocenters. The Morgan fingerprint density at radius 1 is 0.431 bits per heavy atom. The molecule has 58 heavy (non-hydrogen) atoms. The number of para-hydroxylation sites is 1. The number of amidine groups is 2. The molecule has 4 heteroatoms. The third kappa shape index (κ3) is 4.82. The van der Waals surface area contributed by atoms with Gasteiger partial charge in [0.2, 0.25) is 0 Å². The van der Waals surface area contributed by atoms with Crippen LogP contribution in [-0.2, 0) is 5.41 Å². The molecule has 4 nitrogen and oxygen atoms in total. The van der Waals surface area contributed by atoms with Crippen LogP contribution in [0.4, 0.5) is 0 Å². The van der Waals surface area contributed by atoms with Gasteiger partial charge in [0, 0.05) is 16.7 Å². The van der Waals surface area contributed by atoms with E-state index >= 15 is 0 Å². The lowest BCUT2D eigenvalue weighted by molar-refractivity contribution is 0.436. The van der Waals surface area contributed by atoms with Gasteiger partial charge in [-0.05, 0) is 90.3 Å². The number of benzene rings is 9. The predicted molar refractivity (Wildman–Crippen MR) is 236 cm³/mol. The first-order valence-corrected chi connectivity index (χ1v) is 19.8. The van der Waals surface area contributed by atoms with Crippen LogP contribution in [0.2, 0.25) is 0 Å². The zero-order valence-electron chi connectivity index (χ0n) is 31.4. The summed E-state index contributed by atoms with van der Waals surface area (Å²) in [5, 5.41) is 9.84. The summed E-state index contributed by atoms with van der Waals surface area (Å²) in [7, 11) is 0. The topological polar surface area (TPSA) is 48.1 Å². The van der Waals surface area contributed by atoms with Gasteiger partial charge in [0.25, 0.3) is 0 Å². The van der Waals surface area contributed by atoms with Gasteiger partial charge in [0.15, 0.2) is 0 Å². The van der Waals surface area contributed by atoms with Crippen molar-refractivity contribution in [3.63, 3.8) is 0 Å². The van der Waals surface area contributed by atoms with Gasteiger partial charge in [-0.1, -0.05) is 182 Å². The fourth-order valence-electron chi connectivity index (χ4n) is 9.55. The molecule has 0 amide bonds. The lowest BCUT2D eigenvalue weighted by Crippen LogP contribution is -2.32. The van der Waals surface area contributed by atoms with Gasteiger partial charge < -0.3 is 15.0 Å². The molecule has 9 aromatic rings. The molecule has 1 atom stereocenters. The number of fused-ring (bicyclic) bond motifs is 12. The number of ether oxygens (including phenoxy) is 1. The molecule has 2 heterocycles. The largest absolute Gasteiger partial charge is 0.457 e. The Kier molecular flexibility index (Phi) is 7.17. The number of nitrogens with zero attached hydrogens (tertiary/aromatic N) is 3. The van der Waals surface area contributed by atoms with Crippen LogP contribution in [0.3, 0.4) is 0 Å². The van der Waals surface area contributed by atoms with Crippen molar-refractivity contribution >= 4 is 33.2 Å². The van der Waals surface area contributed by atoms with E-state index in [2.05, 4.69) is 182 Å². The highest BCUT2D eigenvalue weighted by Crippen LogP contribution is 2.62. The minimum atomic E-state index is -0.514. The molecule has 272 valence electrons. The molecule has 12 rings (SSSR count). The molecule has 0 fully saturated rings. The van der Waals surface area contributed by atoms with Crippen molar-refractivity contribution in [1.29, 1.82) is 0 Å². The molecule has 3 aliphatic rings. The SMILES string of the molecule is c1ccc(C2=NC(c3cc4ccccc4c4ccccc34)=NC(c3ccc(-c4ccc5c(c4)C4(c6ccccc6O5)c5ccccc5-c5ccccc54)cc3)[N-]2)cc1. The summed E-state index contributed by atoms with van der Waals surface area (Å²) in [6.45, 7) is 0. The lowest BCUT2D eigenvalue weighted by Gasteiger charge is -2.39. The number of rotatable bonds is 4. The first-order chi connectivity index (χ1) is 28.7. The van der Waals surface area contributed by atoms with Crippen LogP contribution in [0.1, 0.15) is 45.1 Å². The maximum Gasteiger partial charge on any atom is 0.132 e. The summed E-state index contributed by atoms with van der Waals surface area (Å²) < 4.78 is 6.69. The molecule has 1 spiro atoms. The molecule has 2 aliphatic heterocycles. The molecular weight excluding hydrogens is 707 g/mol. The van der Waals surface area contributed by atoms with E-state index in [0.29, 0.717) is 11.7 Å². The van der Waals surface area contributed by atoms with E-state index in [9.17, 15) is 0 Å². The highest BCUT2D eigenvalue weighted by Gasteiger charge is 2.51. The molecule has 0 radical (unpaired) electrons. The third-order valence-corrected chi connectivity index (χ3v) is 12.1. The first kappa shape index (κ1) is 32.7. The van der Waals surface area contributed by atoms with Gasteiger partial charge in [0.05, 0.1) is 17.4 Å². The van der Waals surface area contributed by atoms with Crippen molar-refractivity contribution < 1.29 is 4.74 Å². The summed E-state index contributed by atoms with van der Waals surface area (Å²) >= 11 is 0. The van der Waals surface area contributed by atoms with Crippen molar-refractivity contribution in [3.05, 3.63) is 244 Å². The maximum atomic E-state index is 6.69. The number of aliphatic imine (C=N–C) groups is 2. The van der Waals surface area contributed by atoms with Crippen LogP contribution in [0.15, 0.2) is 210 Å². The van der Waals surface area contributed by atoms with Crippen molar-refractivity contribution in [2.75, 3.05) is 0 Å². The van der Waals surface area contributed by atoms with Gasteiger partial charge >= 0.3 is 0 Å². The fraction of sp³-hybridized carbons (Fsp3) is 0.0370. The zero-order chi connectivity index (χ0) is 38.2. The van der Waals surface area contributed by atoms with E-state index in [0.717, 1.165) is 61.2 Å². The quantitative estimate of drug-likeness (QED) is 0.166. The van der Waals surface area contributed by atoms with Gasteiger partial charge in [-0.25, -0.2) is 0 Å². The Morgan fingerprint density at radius 3 is 1.81 bits per heavy atom. The lowest BCUT2D eigenvalue weighted by atomic mass is 9.66. The standard InChI is InChI=1S/C54H34N3O/c1-2-14-35(15-3-1)51-55-52(57-53(56-51)44-32-38-16-4-5-17-39(38)40-18-6-7-19-41(40)44)36-28-26-34(27-29-36)37-30-31-50-48(33-37)54(47-24-12-13-25-49(47)58-50)45-22-10-8-20-42(45)43-21-9-11-23-46(43)54/h1-33,52H/q-1. The monoisotopic (exact) mass is 740 g/mol. The number of hydrogen-bond donors (Lipinski definition) is 0. The maximum absolute atomic E-state index is 6.69. The fourth-order valence-corrected chi connectivity index (χ4v) is 9.55. The molecule has 9 aromatic carbocycles. The van der Waals surface area contributed by atoms with Crippen molar-refractivity contribution in [2.45, 2.75) is 11.6 Å². The Hall–Kier alpha value is -7.56. The van der Waals surface area contributed by atoms with Crippen molar-refractivity contribution in [3.8, 4) is 33.8 Å². The van der Waals surface area contributed by atoms with Crippen LogP contribution in [-0.4, -0.2) is 11.7 Å². The minimum absolute atomic E-state index is 0.467. The van der Waals surface area contributed by atoms with Gasteiger partial charge in [0.1, 0.15) is 11.5 Å². The molecular formula is C54H34N3O-. The van der Waals surface area contributed by atoms with E-state index in [1.165, 1.54) is 33.0 Å². The molecule has 1 aliphatic carbocycles. The number of hydrogen-bond acceptors (Lipinski definition) is 3. The van der Waals surface area contributed by atoms with Crippen molar-refractivity contribution in [1.82, 2.24) is 0 Å². The van der Waals surface area contributed by atoms with E-state index in [4.69, 9.17) is 20.0 Å². The smallest absolute Gasteiger partial charge is 0.132 e. The van der Waals surface area contributed by atoms with E-state index in [1.807, 2.05) is 18.2 Å². The van der Waals surface area contributed by atoms with Crippen LogP contribution in [0.25, 0.3) is 49.1 Å². The Balaban J connectivity index is 0.974. The molecule has 0 saturated carbocycles. The van der Waals surface area contributed by atoms with E-state index < -0.39 is 11.6 Å². The Labute approximate surface area is 336 Å². The second kappa shape index (κ2) is 12.7. The van der Waals surface area contributed by atoms with E-state index in [1.54, 1.807) is 0 Å². The Morgan fingerprint density at radius 2 is 1.03 bits per heavy atom. The highest BCUT2D eigenvalue weighted by atomic mass is 16.5. The predicted octanol–water partition coefficient (Wildman–Crippen LogP) is 13.4. The molecule has 0 saturated heterocycles. The van der Waals surface area contributed by atoms with Gasteiger partial charge in [-0.2, -0.15) is 0 Å². The molecule has 0 bridgehead atoms. The summed E-state index contributed by atoms with van der Waals surface area (Å²) in [5.41, 5.74) is 12.1. The molecule has 0 aromatic heterocycles. The Bertz CT molecular complexity index is 3140. The highest BCUT2D eigenvalue weighted by molar-refractivity contribution is 6.24. The second-order valence-corrected chi connectivity index (χ2v) is 15.2. The second-order valence-electron chi connectivity index (χ2n) is 15.2. The van der Waals surface area contributed by atoms with Crippen LogP contribution < -0.4 is 4.74 Å². The van der Waals surface area contributed by atoms with Gasteiger partial charge in [-0.15, -0.1) is 0 Å². The van der Waals surface area contributed by atoms with Gasteiger partial charge in [-0.3, -0.25) is 4.99 Å². The summed E-state index contributed by atoms with van der Waals surface area (Å²) in [4.78, 5) is 10.4. The third-order valence-electron chi connectivity index (χ3n) is 12.1. The normalized spacial score (nSPS) is 15.7. The summed E-state index contributed by atoms with van der Waals surface area (Å²) in [5.74, 6) is 3.13. The van der Waals surface area contributed by atoms with Crippen molar-refractivity contribution in [2.24, 2.45) is 9.98 Å². The van der Waals surface area contributed by atoms with Crippen LogP contribution in [0.5, 0.6) is 11.5 Å². The zero-order valence-corrected chi connectivity index (χ0v) is 31.4. The molecule has 0 N–H and O–H groups in total. The summed E-state index contributed by atoms with van der Waals surface area (Å²) in [6.07, 6.45) is -0.467. The minimum Gasteiger partial charge on any atom is -0.457 e. The summed E-state index contributed by atoms with van der Waals surface area (Å²) in [6, 6.07) is 71.1. The average molecular weight is 741 g/mol.